The Bertz CT molecular complexity index is 357. The Morgan fingerprint density at radius 2 is 1.74 bits per heavy atom. The minimum atomic E-state index is 0.465. The number of nitrogens with two attached hydrogens (primary N) is 1. The van der Waals surface area contributed by atoms with Crippen LogP contribution in [0.2, 0.25) is 0 Å². The summed E-state index contributed by atoms with van der Waals surface area (Å²) in [6.45, 7) is 4.88. The molecule has 0 unspecified atom stereocenters. The minimum absolute atomic E-state index is 0.465. The van der Waals surface area contributed by atoms with E-state index in [1.165, 1.54) is 0 Å². The molecule has 5 nitrogen and oxygen atoms in total. The molecule has 5 heteroatoms. The third-order valence-electron chi connectivity index (χ3n) is 2.45. The highest BCUT2D eigenvalue weighted by molar-refractivity contribution is 5.62. The molecule has 0 atom stereocenters. The Morgan fingerprint density at radius 1 is 1.00 bits per heavy atom. The van der Waals surface area contributed by atoms with Gasteiger partial charge < -0.3 is 24.7 Å². The molecular formula is C14H23NO4. The lowest BCUT2D eigenvalue weighted by atomic mass is 10.3. The number of anilines is 1. The van der Waals surface area contributed by atoms with Gasteiger partial charge >= 0.3 is 0 Å². The van der Waals surface area contributed by atoms with Crippen LogP contribution in [0.25, 0.3) is 0 Å². The number of para-hydroxylation sites is 1. The summed E-state index contributed by atoms with van der Waals surface area (Å²) < 4.78 is 21.3. The van der Waals surface area contributed by atoms with Gasteiger partial charge in [0.15, 0.2) is 0 Å². The molecule has 0 spiro atoms. The summed E-state index contributed by atoms with van der Waals surface area (Å²) in [4.78, 5) is 0. The Kier molecular flexibility index (Phi) is 7.77. The highest BCUT2D eigenvalue weighted by Crippen LogP contribution is 2.31. The number of nitrogen functional groups attached to an aromatic ring is 1. The van der Waals surface area contributed by atoms with Crippen LogP contribution < -0.4 is 15.2 Å². The quantitative estimate of drug-likeness (QED) is 0.520. The van der Waals surface area contributed by atoms with Gasteiger partial charge in [-0.05, 0) is 25.5 Å². The average Bonchev–Trinajstić information content (AvgIpc) is 2.42. The van der Waals surface area contributed by atoms with Crippen LogP contribution in [0.1, 0.15) is 13.3 Å². The molecule has 0 aliphatic carbocycles. The minimum Gasteiger partial charge on any atom is -0.492 e. The molecule has 0 aliphatic rings. The van der Waals surface area contributed by atoms with Gasteiger partial charge in [0, 0.05) is 20.3 Å². The van der Waals surface area contributed by atoms with Gasteiger partial charge in [-0.3, -0.25) is 0 Å². The van der Waals surface area contributed by atoms with Crippen molar-refractivity contribution in [3.05, 3.63) is 18.2 Å². The van der Waals surface area contributed by atoms with Gasteiger partial charge in [0.05, 0.1) is 13.2 Å². The van der Waals surface area contributed by atoms with Crippen molar-refractivity contribution in [2.45, 2.75) is 13.3 Å². The van der Waals surface area contributed by atoms with Crippen molar-refractivity contribution in [2.75, 3.05) is 45.9 Å². The van der Waals surface area contributed by atoms with E-state index in [0.29, 0.717) is 50.2 Å². The summed E-state index contributed by atoms with van der Waals surface area (Å²) in [5.74, 6) is 1.28. The molecule has 0 fully saturated rings. The zero-order valence-corrected chi connectivity index (χ0v) is 11.7. The van der Waals surface area contributed by atoms with E-state index in [1.54, 1.807) is 7.11 Å². The maximum absolute atomic E-state index is 5.94. The summed E-state index contributed by atoms with van der Waals surface area (Å²) in [6, 6.07) is 5.51. The summed E-state index contributed by atoms with van der Waals surface area (Å²) in [5, 5.41) is 0. The van der Waals surface area contributed by atoms with Crippen molar-refractivity contribution in [3.8, 4) is 11.5 Å². The first kappa shape index (κ1) is 15.6. The van der Waals surface area contributed by atoms with E-state index in [1.807, 2.05) is 25.1 Å². The van der Waals surface area contributed by atoms with Crippen LogP contribution in [0.3, 0.4) is 0 Å². The predicted molar refractivity (Wildman–Crippen MR) is 74.8 cm³/mol. The summed E-state index contributed by atoms with van der Waals surface area (Å²) in [6.07, 6.45) is 0.887. The van der Waals surface area contributed by atoms with Crippen molar-refractivity contribution in [1.82, 2.24) is 0 Å². The van der Waals surface area contributed by atoms with E-state index in [-0.39, 0.29) is 0 Å². The third-order valence-corrected chi connectivity index (χ3v) is 2.45. The fourth-order valence-corrected chi connectivity index (χ4v) is 1.55. The summed E-state index contributed by atoms with van der Waals surface area (Å²) >= 11 is 0. The molecule has 0 aliphatic heterocycles. The highest BCUT2D eigenvalue weighted by atomic mass is 16.5. The summed E-state index contributed by atoms with van der Waals surface area (Å²) in [7, 11) is 1.68. The van der Waals surface area contributed by atoms with E-state index in [0.717, 1.165) is 6.42 Å². The molecule has 19 heavy (non-hydrogen) atoms. The number of hydrogen-bond acceptors (Lipinski definition) is 5. The number of benzene rings is 1. The maximum Gasteiger partial charge on any atom is 0.146 e. The van der Waals surface area contributed by atoms with Crippen LogP contribution in [0, 0.1) is 0 Å². The Labute approximate surface area is 114 Å². The van der Waals surface area contributed by atoms with Crippen molar-refractivity contribution < 1.29 is 18.9 Å². The topological polar surface area (TPSA) is 62.9 Å². The molecular weight excluding hydrogens is 246 g/mol. The van der Waals surface area contributed by atoms with Gasteiger partial charge in [-0.2, -0.15) is 0 Å². The van der Waals surface area contributed by atoms with E-state index < -0.39 is 0 Å². The molecule has 0 bridgehead atoms. The normalized spacial score (nSPS) is 10.4. The second-order valence-electron chi connectivity index (χ2n) is 3.91. The van der Waals surface area contributed by atoms with Crippen LogP contribution in [0.15, 0.2) is 18.2 Å². The number of methoxy groups -OCH3 is 1. The van der Waals surface area contributed by atoms with Gasteiger partial charge in [0.25, 0.3) is 0 Å². The van der Waals surface area contributed by atoms with Crippen molar-refractivity contribution in [3.63, 3.8) is 0 Å². The first-order valence-electron chi connectivity index (χ1n) is 6.50. The van der Waals surface area contributed by atoms with Gasteiger partial charge in [-0.1, -0.05) is 6.07 Å². The molecule has 0 amide bonds. The fourth-order valence-electron chi connectivity index (χ4n) is 1.55. The first-order valence-corrected chi connectivity index (χ1v) is 6.50. The zero-order chi connectivity index (χ0) is 13.9. The van der Waals surface area contributed by atoms with Gasteiger partial charge in [-0.15, -0.1) is 0 Å². The molecule has 0 heterocycles. The predicted octanol–water partition coefficient (Wildman–Crippen LogP) is 2.10. The number of ether oxygens (including phenoxy) is 4. The second kappa shape index (κ2) is 9.47. The third kappa shape index (κ3) is 5.81. The highest BCUT2D eigenvalue weighted by Gasteiger charge is 2.06. The van der Waals surface area contributed by atoms with E-state index >= 15 is 0 Å². The van der Waals surface area contributed by atoms with Crippen LogP contribution in [0.4, 0.5) is 5.69 Å². The maximum atomic E-state index is 5.94. The Hall–Kier alpha value is -1.46. The average molecular weight is 269 g/mol. The molecule has 0 saturated heterocycles. The second-order valence-corrected chi connectivity index (χ2v) is 3.91. The van der Waals surface area contributed by atoms with Crippen LogP contribution >= 0.6 is 0 Å². The lowest BCUT2D eigenvalue weighted by Gasteiger charge is -2.12. The lowest BCUT2D eigenvalue weighted by molar-refractivity contribution is 0.0807. The molecule has 1 rings (SSSR count). The van der Waals surface area contributed by atoms with Crippen molar-refractivity contribution >= 4 is 5.69 Å². The number of hydrogen-bond donors (Lipinski definition) is 1. The lowest BCUT2D eigenvalue weighted by Crippen LogP contribution is -2.09. The van der Waals surface area contributed by atoms with E-state index in [4.69, 9.17) is 24.7 Å². The van der Waals surface area contributed by atoms with Gasteiger partial charge in [-0.25, -0.2) is 0 Å². The van der Waals surface area contributed by atoms with Crippen molar-refractivity contribution in [2.24, 2.45) is 0 Å². The van der Waals surface area contributed by atoms with Gasteiger partial charge in [0.1, 0.15) is 23.8 Å². The van der Waals surface area contributed by atoms with Gasteiger partial charge in [0.2, 0.25) is 0 Å². The smallest absolute Gasteiger partial charge is 0.146 e. The molecule has 0 radical (unpaired) electrons. The molecule has 0 aromatic heterocycles. The van der Waals surface area contributed by atoms with E-state index in [9.17, 15) is 0 Å². The fraction of sp³-hybridized carbons (Fsp3) is 0.571. The van der Waals surface area contributed by atoms with Crippen LogP contribution in [-0.4, -0.2) is 40.1 Å². The SMILES string of the molecule is CCOc1cccc(OCCOCCCOC)c1N. The van der Waals surface area contributed by atoms with Crippen molar-refractivity contribution in [1.29, 1.82) is 0 Å². The van der Waals surface area contributed by atoms with Crippen LogP contribution in [0.5, 0.6) is 11.5 Å². The molecule has 1 aromatic rings. The monoisotopic (exact) mass is 269 g/mol. The zero-order valence-electron chi connectivity index (χ0n) is 11.7. The molecule has 0 saturated carbocycles. The Balaban J connectivity index is 2.27. The van der Waals surface area contributed by atoms with E-state index in [2.05, 4.69) is 0 Å². The molecule has 2 N–H and O–H groups in total. The largest absolute Gasteiger partial charge is 0.492 e. The Morgan fingerprint density at radius 3 is 2.42 bits per heavy atom. The standard InChI is InChI=1S/C14H23NO4/c1-3-18-12-6-4-7-13(14(12)15)19-11-10-17-9-5-8-16-2/h4,6-7H,3,5,8-11,15H2,1-2H3. The molecule has 108 valence electrons. The summed E-state index contributed by atoms with van der Waals surface area (Å²) in [5.41, 5.74) is 6.47. The molecule has 1 aromatic carbocycles. The first-order chi connectivity index (χ1) is 9.29. The van der Waals surface area contributed by atoms with Crippen LogP contribution in [-0.2, 0) is 9.47 Å². The number of rotatable bonds is 10.